The number of nitrogens with zero attached hydrogens (tertiary/aromatic N) is 3. The predicted octanol–water partition coefficient (Wildman–Crippen LogP) is 0.822. The third-order valence-electron chi connectivity index (χ3n) is 6.65. The highest BCUT2D eigenvalue weighted by atomic mass is 32.1. The van der Waals surface area contributed by atoms with Crippen LogP contribution in [0.25, 0.3) is 4.96 Å². The van der Waals surface area contributed by atoms with E-state index in [9.17, 15) is 24.3 Å². The number of aliphatic hydroxyl groups excluding tert-OH is 1. The summed E-state index contributed by atoms with van der Waals surface area (Å²) in [5.74, 6) is -1.67. The average Bonchev–Trinajstić information content (AvgIpc) is 3.46. The SMILES string of the molecule is Cc1ccc2cc1CCCNC(=O)CN(C(=O)Cc1cn3ccsc3n1)C[C@@H](C)NC(=O)[C@H]([C@@H](C)O)NC2=O. The number of carbonyl (C=O) groups excluding carboxylic acids is 4. The Morgan fingerprint density at radius 3 is 2.79 bits per heavy atom. The summed E-state index contributed by atoms with van der Waals surface area (Å²) in [6.07, 6.45) is 3.75. The molecule has 1 aromatic carbocycles. The Kier molecular flexibility index (Phi) is 8.97. The van der Waals surface area contributed by atoms with Crippen LogP contribution in [0.1, 0.15) is 47.4 Å². The highest BCUT2D eigenvalue weighted by molar-refractivity contribution is 7.15. The molecule has 0 saturated carbocycles. The zero-order valence-electron chi connectivity index (χ0n) is 22.3. The molecule has 39 heavy (non-hydrogen) atoms. The van der Waals surface area contributed by atoms with Crippen LogP contribution in [-0.4, -0.2) is 80.8 Å². The fourth-order valence-electron chi connectivity index (χ4n) is 4.54. The number of hydrogen-bond acceptors (Lipinski definition) is 7. The maximum atomic E-state index is 13.3. The maximum Gasteiger partial charge on any atom is 0.252 e. The minimum Gasteiger partial charge on any atom is -0.391 e. The van der Waals surface area contributed by atoms with Gasteiger partial charge in [0.05, 0.1) is 24.8 Å². The van der Waals surface area contributed by atoms with Crippen molar-refractivity contribution < 1.29 is 24.3 Å². The number of benzene rings is 1. The van der Waals surface area contributed by atoms with Gasteiger partial charge < -0.3 is 26.0 Å². The molecule has 208 valence electrons. The molecule has 2 aromatic heterocycles. The molecule has 0 fully saturated rings. The molecular weight excluding hydrogens is 520 g/mol. The average molecular weight is 555 g/mol. The molecule has 1 aliphatic heterocycles. The van der Waals surface area contributed by atoms with Crippen LogP contribution in [0.3, 0.4) is 0 Å². The largest absolute Gasteiger partial charge is 0.391 e. The van der Waals surface area contributed by atoms with Gasteiger partial charge in [0.2, 0.25) is 17.7 Å². The summed E-state index contributed by atoms with van der Waals surface area (Å²) in [4.78, 5) is 58.7. The van der Waals surface area contributed by atoms with Crippen LogP contribution in [0, 0.1) is 6.92 Å². The maximum absolute atomic E-state index is 13.3. The van der Waals surface area contributed by atoms with Gasteiger partial charge in [0, 0.05) is 42.5 Å². The smallest absolute Gasteiger partial charge is 0.252 e. The summed E-state index contributed by atoms with van der Waals surface area (Å²) in [5.41, 5.74) is 2.92. The summed E-state index contributed by atoms with van der Waals surface area (Å²) in [5, 5.41) is 20.5. The van der Waals surface area contributed by atoms with Crippen molar-refractivity contribution in [3.63, 3.8) is 0 Å². The van der Waals surface area contributed by atoms with E-state index < -0.39 is 30.0 Å². The number of hydrogen-bond donors (Lipinski definition) is 4. The van der Waals surface area contributed by atoms with E-state index in [1.165, 1.54) is 23.2 Å². The molecule has 2 bridgehead atoms. The Morgan fingerprint density at radius 1 is 1.26 bits per heavy atom. The van der Waals surface area contributed by atoms with E-state index in [0.717, 1.165) is 16.1 Å². The lowest BCUT2D eigenvalue weighted by molar-refractivity contribution is -0.136. The van der Waals surface area contributed by atoms with E-state index >= 15 is 0 Å². The van der Waals surface area contributed by atoms with Crippen molar-refractivity contribution in [3.8, 4) is 0 Å². The Balaban J connectivity index is 1.54. The fourth-order valence-corrected chi connectivity index (χ4v) is 5.26. The first-order valence-corrected chi connectivity index (χ1v) is 13.8. The number of fused-ring (bicyclic) bond motifs is 3. The highest BCUT2D eigenvalue weighted by Gasteiger charge is 2.29. The van der Waals surface area contributed by atoms with E-state index in [4.69, 9.17) is 0 Å². The van der Waals surface area contributed by atoms with Gasteiger partial charge in [-0.3, -0.25) is 23.6 Å². The van der Waals surface area contributed by atoms with Crippen molar-refractivity contribution in [2.24, 2.45) is 0 Å². The molecule has 3 aromatic rings. The number of nitrogens with one attached hydrogen (secondary N) is 3. The van der Waals surface area contributed by atoms with Crippen LogP contribution in [0.2, 0.25) is 0 Å². The van der Waals surface area contributed by atoms with Crippen LogP contribution in [0.15, 0.2) is 36.0 Å². The monoisotopic (exact) mass is 554 g/mol. The molecule has 3 atom stereocenters. The number of imidazole rings is 1. The summed E-state index contributed by atoms with van der Waals surface area (Å²) < 4.78 is 1.83. The van der Waals surface area contributed by atoms with Crippen molar-refractivity contribution in [1.82, 2.24) is 30.2 Å². The first kappa shape index (κ1) is 28.2. The number of thiazole rings is 1. The van der Waals surface area contributed by atoms with Crippen LogP contribution >= 0.6 is 11.3 Å². The molecular formula is C27H34N6O5S. The van der Waals surface area contributed by atoms with Gasteiger partial charge >= 0.3 is 0 Å². The molecule has 4 rings (SSSR count). The van der Waals surface area contributed by atoms with E-state index in [1.807, 2.05) is 29.0 Å². The Morgan fingerprint density at radius 2 is 2.05 bits per heavy atom. The van der Waals surface area contributed by atoms with Gasteiger partial charge in [-0.05, 0) is 56.9 Å². The molecule has 4 N–H and O–H groups in total. The Bertz CT molecular complexity index is 1340. The second kappa shape index (κ2) is 12.4. The minimum atomic E-state index is -1.20. The second-order valence-corrected chi connectivity index (χ2v) is 10.8. The van der Waals surface area contributed by atoms with Crippen molar-refractivity contribution in [3.05, 3.63) is 58.4 Å². The zero-order valence-corrected chi connectivity index (χ0v) is 23.1. The van der Waals surface area contributed by atoms with Crippen LogP contribution in [0.4, 0.5) is 0 Å². The summed E-state index contributed by atoms with van der Waals surface area (Å²) in [6, 6.07) is 3.51. The van der Waals surface area contributed by atoms with Crippen molar-refractivity contribution in [2.75, 3.05) is 19.6 Å². The van der Waals surface area contributed by atoms with Gasteiger partial charge in [-0.1, -0.05) is 6.07 Å². The third kappa shape index (κ3) is 7.21. The molecule has 1 aliphatic rings. The first-order chi connectivity index (χ1) is 18.6. The number of aryl methyl sites for hydroxylation is 2. The molecule has 11 nitrogen and oxygen atoms in total. The van der Waals surface area contributed by atoms with E-state index in [0.29, 0.717) is 30.6 Å². The van der Waals surface area contributed by atoms with Gasteiger partial charge in [-0.25, -0.2) is 4.98 Å². The Hall–Kier alpha value is -3.77. The Labute approximate surface area is 230 Å². The molecule has 12 heteroatoms. The van der Waals surface area contributed by atoms with Gasteiger partial charge in [0.15, 0.2) is 4.96 Å². The van der Waals surface area contributed by atoms with E-state index in [-0.39, 0.29) is 31.3 Å². The predicted molar refractivity (Wildman–Crippen MR) is 146 cm³/mol. The number of carbonyl (C=O) groups is 4. The lowest BCUT2D eigenvalue weighted by atomic mass is 10.00. The molecule has 0 aliphatic carbocycles. The molecule has 0 unspecified atom stereocenters. The molecule has 3 heterocycles. The molecule has 0 radical (unpaired) electrons. The van der Waals surface area contributed by atoms with Crippen molar-refractivity contribution in [1.29, 1.82) is 0 Å². The summed E-state index contributed by atoms with van der Waals surface area (Å²) in [7, 11) is 0. The number of aliphatic hydroxyl groups is 1. The van der Waals surface area contributed by atoms with Gasteiger partial charge in [-0.15, -0.1) is 11.3 Å². The molecule has 4 amide bonds. The fraction of sp³-hybridized carbons (Fsp3) is 0.444. The topological polar surface area (TPSA) is 145 Å². The van der Waals surface area contributed by atoms with Crippen LogP contribution in [-0.2, 0) is 27.2 Å². The quantitative estimate of drug-likeness (QED) is 0.377. The standard InChI is InChI=1S/C27H34N6O5S/c1-16-6-7-20-11-19(16)5-4-8-28-22(35)15-33(23(36)12-21-14-32-9-10-39-27(32)30-21)13-17(2)29-26(38)24(18(3)34)31-25(20)37/h6-7,9-11,14,17-18,24,34H,4-5,8,12-13,15H2,1-3H3,(H,28,35)(H,29,38)(H,31,37)/t17-,18-,24+/m1/s1. The van der Waals surface area contributed by atoms with Crippen LogP contribution in [0.5, 0.6) is 0 Å². The van der Waals surface area contributed by atoms with Gasteiger partial charge in [0.25, 0.3) is 5.91 Å². The van der Waals surface area contributed by atoms with Crippen molar-refractivity contribution >= 4 is 39.9 Å². The molecule has 0 saturated heterocycles. The lowest BCUT2D eigenvalue weighted by Crippen LogP contribution is -2.56. The van der Waals surface area contributed by atoms with Crippen LogP contribution < -0.4 is 16.0 Å². The zero-order chi connectivity index (χ0) is 28.1. The third-order valence-corrected chi connectivity index (χ3v) is 7.42. The summed E-state index contributed by atoms with van der Waals surface area (Å²) >= 11 is 1.46. The second-order valence-electron chi connectivity index (χ2n) is 9.97. The van der Waals surface area contributed by atoms with Gasteiger partial charge in [0.1, 0.15) is 6.04 Å². The van der Waals surface area contributed by atoms with E-state index in [1.54, 1.807) is 25.3 Å². The molecule has 0 spiro atoms. The number of amides is 4. The van der Waals surface area contributed by atoms with Gasteiger partial charge in [-0.2, -0.15) is 0 Å². The highest BCUT2D eigenvalue weighted by Crippen LogP contribution is 2.15. The number of aromatic nitrogens is 2. The van der Waals surface area contributed by atoms with Crippen molar-refractivity contribution in [2.45, 2.75) is 58.2 Å². The number of rotatable bonds is 3. The normalized spacial score (nSPS) is 20.6. The lowest BCUT2D eigenvalue weighted by Gasteiger charge is -2.28. The first-order valence-electron chi connectivity index (χ1n) is 12.9. The minimum absolute atomic E-state index is 0.00355. The summed E-state index contributed by atoms with van der Waals surface area (Å²) in [6.45, 7) is 5.36. The van der Waals surface area contributed by atoms with E-state index in [2.05, 4.69) is 20.9 Å².